The summed E-state index contributed by atoms with van der Waals surface area (Å²) in [6, 6.07) is 7.27. The molecule has 5 nitrogen and oxygen atoms in total. The van der Waals surface area contributed by atoms with Crippen molar-refractivity contribution in [3.8, 4) is 0 Å². The molecule has 1 aromatic heterocycles. The fourth-order valence-corrected chi connectivity index (χ4v) is 3.95. The maximum Gasteiger partial charge on any atom is 0.348 e. The van der Waals surface area contributed by atoms with Gasteiger partial charge in [-0.15, -0.1) is 11.3 Å². The van der Waals surface area contributed by atoms with Gasteiger partial charge in [0.05, 0.1) is 10.6 Å². The van der Waals surface area contributed by atoms with Crippen molar-refractivity contribution in [1.29, 1.82) is 0 Å². The number of thiophene rings is 1. The summed E-state index contributed by atoms with van der Waals surface area (Å²) in [6.07, 6.45) is 0. The number of halogens is 1. The predicted molar refractivity (Wildman–Crippen MR) is 78.3 cm³/mol. The third kappa shape index (κ3) is 2.65. The standard InChI is InChI=1S/C12H10ClNO4S2/c1-14(10-5-6-19-11(10)12(15)16)20(17,18)9-4-2-3-8(13)7-9/h2-7H,1H3,(H,15,16). The molecular formula is C12H10ClNO4S2. The van der Waals surface area contributed by atoms with Crippen molar-refractivity contribution in [3.63, 3.8) is 0 Å². The second kappa shape index (κ2) is 5.43. The Bertz CT molecular complexity index is 754. The molecule has 1 heterocycles. The lowest BCUT2D eigenvalue weighted by atomic mass is 10.4. The average Bonchev–Trinajstić information content (AvgIpc) is 2.87. The molecule has 0 spiro atoms. The first kappa shape index (κ1) is 14.8. The van der Waals surface area contributed by atoms with Crippen LogP contribution in [0.25, 0.3) is 0 Å². The van der Waals surface area contributed by atoms with Crippen LogP contribution in [0.3, 0.4) is 0 Å². The molecule has 2 rings (SSSR count). The Kier molecular flexibility index (Phi) is 4.03. The number of sulfonamides is 1. The quantitative estimate of drug-likeness (QED) is 0.934. The van der Waals surface area contributed by atoms with Gasteiger partial charge in [0, 0.05) is 12.1 Å². The van der Waals surface area contributed by atoms with Crippen LogP contribution in [-0.4, -0.2) is 26.5 Å². The highest BCUT2D eigenvalue weighted by molar-refractivity contribution is 7.92. The fraction of sp³-hybridized carbons (Fsp3) is 0.0833. The van der Waals surface area contributed by atoms with Gasteiger partial charge in [-0.25, -0.2) is 13.2 Å². The van der Waals surface area contributed by atoms with Crippen molar-refractivity contribution >= 4 is 44.6 Å². The SMILES string of the molecule is CN(c1ccsc1C(=O)O)S(=O)(=O)c1cccc(Cl)c1. The minimum Gasteiger partial charge on any atom is -0.477 e. The Morgan fingerprint density at radius 2 is 2.05 bits per heavy atom. The number of anilines is 1. The molecule has 2 aromatic rings. The van der Waals surface area contributed by atoms with Gasteiger partial charge in [0.15, 0.2) is 0 Å². The predicted octanol–water partition coefficient (Wildman–Crippen LogP) is 2.92. The monoisotopic (exact) mass is 331 g/mol. The smallest absolute Gasteiger partial charge is 0.348 e. The maximum atomic E-state index is 12.4. The van der Waals surface area contributed by atoms with E-state index in [9.17, 15) is 13.2 Å². The Balaban J connectivity index is 2.49. The van der Waals surface area contributed by atoms with Crippen molar-refractivity contribution in [2.24, 2.45) is 0 Å². The van der Waals surface area contributed by atoms with Crippen molar-refractivity contribution in [2.75, 3.05) is 11.4 Å². The minimum atomic E-state index is -3.85. The molecule has 0 fully saturated rings. The van der Waals surface area contributed by atoms with E-state index in [2.05, 4.69) is 0 Å². The summed E-state index contributed by atoms with van der Waals surface area (Å²) in [6.45, 7) is 0. The molecule has 0 radical (unpaired) electrons. The lowest BCUT2D eigenvalue weighted by Gasteiger charge is -2.19. The number of rotatable bonds is 4. The summed E-state index contributed by atoms with van der Waals surface area (Å²) in [5.74, 6) is -1.16. The zero-order valence-corrected chi connectivity index (χ0v) is 12.7. The molecule has 0 saturated carbocycles. The van der Waals surface area contributed by atoms with Gasteiger partial charge >= 0.3 is 5.97 Å². The van der Waals surface area contributed by atoms with E-state index in [1.54, 1.807) is 6.07 Å². The first-order valence-corrected chi connectivity index (χ1v) is 8.09. The molecule has 0 aliphatic carbocycles. The van der Waals surface area contributed by atoms with Crippen LogP contribution in [0.4, 0.5) is 5.69 Å². The molecule has 8 heteroatoms. The van der Waals surface area contributed by atoms with Crippen molar-refractivity contribution < 1.29 is 18.3 Å². The first-order chi connectivity index (χ1) is 9.34. The number of hydrogen-bond acceptors (Lipinski definition) is 4. The Labute approximate surface area is 125 Å². The van der Waals surface area contributed by atoms with Gasteiger partial charge in [0.2, 0.25) is 0 Å². The highest BCUT2D eigenvalue weighted by Crippen LogP contribution is 2.30. The second-order valence-electron chi connectivity index (χ2n) is 3.87. The van der Waals surface area contributed by atoms with Crippen molar-refractivity contribution in [2.45, 2.75) is 4.90 Å². The Hall–Kier alpha value is -1.57. The molecule has 0 aliphatic heterocycles. The van der Waals surface area contributed by atoms with E-state index in [1.807, 2.05) is 0 Å². The van der Waals surface area contributed by atoms with Gasteiger partial charge in [0.1, 0.15) is 4.88 Å². The molecule has 0 atom stereocenters. The van der Waals surface area contributed by atoms with Crippen LogP contribution in [-0.2, 0) is 10.0 Å². The minimum absolute atomic E-state index is 0.00930. The molecule has 1 N–H and O–H groups in total. The summed E-state index contributed by atoms with van der Waals surface area (Å²) in [5, 5.41) is 10.9. The zero-order valence-electron chi connectivity index (χ0n) is 10.3. The van der Waals surface area contributed by atoms with E-state index >= 15 is 0 Å². The molecule has 0 bridgehead atoms. The number of carboxylic acids is 1. The van der Waals surface area contributed by atoms with E-state index in [0.29, 0.717) is 5.02 Å². The molecule has 1 aromatic carbocycles. The number of nitrogens with zero attached hydrogens (tertiary/aromatic N) is 1. The van der Waals surface area contributed by atoms with Crippen LogP contribution in [0.15, 0.2) is 40.6 Å². The lowest BCUT2D eigenvalue weighted by Crippen LogP contribution is -2.27. The molecule has 0 aliphatic rings. The van der Waals surface area contributed by atoms with Gasteiger partial charge < -0.3 is 5.11 Å². The normalized spacial score (nSPS) is 11.3. The van der Waals surface area contributed by atoms with Crippen LogP contribution in [0, 0.1) is 0 Å². The largest absolute Gasteiger partial charge is 0.477 e. The van der Waals surface area contributed by atoms with Crippen LogP contribution >= 0.6 is 22.9 Å². The van der Waals surface area contributed by atoms with E-state index in [0.717, 1.165) is 15.6 Å². The third-order valence-corrected chi connectivity index (χ3v) is 5.53. The van der Waals surface area contributed by atoms with Gasteiger partial charge in [-0.1, -0.05) is 17.7 Å². The molecular weight excluding hydrogens is 322 g/mol. The summed E-state index contributed by atoms with van der Waals surface area (Å²) < 4.78 is 25.8. The molecule has 0 unspecified atom stereocenters. The zero-order chi connectivity index (χ0) is 14.9. The second-order valence-corrected chi connectivity index (χ2v) is 7.19. The lowest BCUT2D eigenvalue weighted by molar-refractivity contribution is 0.0703. The summed E-state index contributed by atoms with van der Waals surface area (Å²) in [5.41, 5.74) is 0.127. The number of carboxylic acid groups (broad SMARTS) is 1. The molecule has 0 saturated heterocycles. The van der Waals surface area contributed by atoms with E-state index in [-0.39, 0.29) is 15.5 Å². The number of benzene rings is 1. The molecule has 0 amide bonds. The van der Waals surface area contributed by atoms with Crippen LogP contribution in [0.2, 0.25) is 5.02 Å². The van der Waals surface area contributed by atoms with Crippen molar-refractivity contribution in [1.82, 2.24) is 0 Å². The van der Waals surface area contributed by atoms with Crippen molar-refractivity contribution in [3.05, 3.63) is 45.6 Å². The Morgan fingerprint density at radius 1 is 1.35 bits per heavy atom. The number of aromatic carboxylic acids is 1. The van der Waals surface area contributed by atoms with Gasteiger partial charge in [-0.05, 0) is 29.6 Å². The fourth-order valence-electron chi connectivity index (χ4n) is 1.63. The summed E-state index contributed by atoms with van der Waals surface area (Å²) >= 11 is 6.76. The van der Waals surface area contributed by atoms with E-state index < -0.39 is 16.0 Å². The average molecular weight is 332 g/mol. The molecule has 106 valence electrons. The molecule has 20 heavy (non-hydrogen) atoms. The highest BCUT2D eigenvalue weighted by Gasteiger charge is 2.26. The number of carbonyl (C=O) groups is 1. The Morgan fingerprint density at radius 3 is 2.65 bits per heavy atom. The van der Waals surface area contributed by atoms with E-state index in [4.69, 9.17) is 16.7 Å². The number of hydrogen-bond donors (Lipinski definition) is 1. The van der Waals surface area contributed by atoms with Crippen LogP contribution in [0.1, 0.15) is 9.67 Å². The van der Waals surface area contributed by atoms with Gasteiger partial charge in [0.25, 0.3) is 10.0 Å². The van der Waals surface area contributed by atoms with Crippen LogP contribution < -0.4 is 4.31 Å². The first-order valence-electron chi connectivity index (χ1n) is 5.39. The maximum absolute atomic E-state index is 12.4. The van der Waals surface area contributed by atoms with E-state index in [1.165, 1.54) is 36.7 Å². The summed E-state index contributed by atoms with van der Waals surface area (Å²) in [4.78, 5) is 11.1. The highest BCUT2D eigenvalue weighted by atomic mass is 35.5. The third-order valence-electron chi connectivity index (χ3n) is 2.63. The van der Waals surface area contributed by atoms with Gasteiger partial charge in [-0.2, -0.15) is 0 Å². The topological polar surface area (TPSA) is 74.7 Å². The van der Waals surface area contributed by atoms with Gasteiger partial charge in [-0.3, -0.25) is 4.31 Å². The summed E-state index contributed by atoms with van der Waals surface area (Å²) in [7, 11) is -2.54. The van der Waals surface area contributed by atoms with Crippen LogP contribution in [0.5, 0.6) is 0 Å².